The van der Waals surface area contributed by atoms with Gasteiger partial charge in [-0.2, -0.15) is 5.10 Å². The van der Waals surface area contributed by atoms with Crippen LogP contribution in [0.4, 0.5) is 5.69 Å². The van der Waals surface area contributed by atoms with Gasteiger partial charge in [-0.1, -0.05) is 23.7 Å². The quantitative estimate of drug-likeness (QED) is 0.417. The van der Waals surface area contributed by atoms with Crippen LogP contribution in [0.5, 0.6) is 5.75 Å². The number of aryl methyl sites for hydroxylation is 2. The van der Waals surface area contributed by atoms with E-state index in [2.05, 4.69) is 41.5 Å². The van der Waals surface area contributed by atoms with Crippen molar-refractivity contribution < 1.29 is 9.53 Å². The van der Waals surface area contributed by atoms with Crippen molar-refractivity contribution in [2.24, 2.45) is 0 Å². The summed E-state index contributed by atoms with van der Waals surface area (Å²) in [6, 6.07) is 12.9. The van der Waals surface area contributed by atoms with Gasteiger partial charge in [0.05, 0.1) is 17.8 Å². The zero-order chi connectivity index (χ0) is 24.0. The third-order valence-electron chi connectivity index (χ3n) is 5.72. The third-order valence-corrected chi connectivity index (χ3v) is 6.02. The maximum absolute atomic E-state index is 12.9. The average Bonchev–Trinajstić information content (AvgIpc) is 3.37. The number of methoxy groups -OCH3 is 1. The highest BCUT2D eigenvalue weighted by atomic mass is 35.5. The summed E-state index contributed by atoms with van der Waals surface area (Å²) in [5.41, 5.74) is 5.26. The van der Waals surface area contributed by atoms with Crippen LogP contribution in [0.25, 0.3) is 22.4 Å². The molecule has 0 radical (unpaired) electrons. The number of fused-ring (bicyclic) bond motifs is 3. The monoisotopic (exact) mass is 476 g/mol. The summed E-state index contributed by atoms with van der Waals surface area (Å²) in [5, 5.41) is 12.1. The molecule has 0 saturated carbocycles. The summed E-state index contributed by atoms with van der Waals surface area (Å²) in [7, 11) is 1.51. The zero-order valence-electron chi connectivity index (χ0n) is 18.7. The maximum atomic E-state index is 12.9. The average molecular weight is 477 g/mol. The lowest BCUT2D eigenvalue weighted by atomic mass is 10.0. The van der Waals surface area contributed by atoms with Gasteiger partial charge in [-0.25, -0.2) is 18.4 Å². The molecule has 0 spiro atoms. The molecular formula is C24H21ClN6O3. The number of anilines is 1. The number of amides is 1. The van der Waals surface area contributed by atoms with Crippen molar-refractivity contribution in [2.75, 3.05) is 12.4 Å². The molecule has 3 heterocycles. The number of hydrogen-bond donors (Lipinski definition) is 1. The highest BCUT2D eigenvalue weighted by Gasteiger charge is 2.16. The molecular weight excluding hydrogens is 456 g/mol. The van der Waals surface area contributed by atoms with Crippen LogP contribution >= 0.6 is 11.6 Å². The first-order valence-corrected chi connectivity index (χ1v) is 10.9. The van der Waals surface area contributed by atoms with E-state index in [1.807, 2.05) is 12.1 Å². The summed E-state index contributed by atoms with van der Waals surface area (Å²) in [6.07, 6.45) is 3.28. The smallest absolute Gasteiger partial charge is 0.350 e. The lowest BCUT2D eigenvalue weighted by molar-refractivity contribution is -0.117. The fourth-order valence-electron chi connectivity index (χ4n) is 3.76. The Morgan fingerprint density at radius 2 is 1.88 bits per heavy atom. The number of nitrogens with zero attached hydrogens (tertiary/aromatic N) is 5. The van der Waals surface area contributed by atoms with E-state index < -0.39 is 11.6 Å². The second-order valence-corrected chi connectivity index (χ2v) is 8.40. The van der Waals surface area contributed by atoms with Gasteiger partial charge in [-0.15, -0.1) is 5.10 Å². The second-order valence-electron chi connectivity index (χ2n) is 7.99. The SMILES string of the molecule is COc1ccc(NC(=O)Cn2nc3c4cc(-c5ccc(C)c(C)c5)nn4ccn3c2=O)cc1Cl. The minimum atomic E-state index is -0.422. The first-order chi connectivity index (χ1) is 16.3. The number of carbonyl (C=O) groups excluding carboxylic acids is 1. The topological polar surface area (TPSA) is 94.9 Å². The van der Waals surface area contributed by atoms with E-state index >= 15 is 0 Å². The van der Waals surface area contributed by atoms with Gasteiger partial charge in [-0.3, -0.25) is 4.79 Å². The molecule has 3 aromatic heterocycles. The second kappa shape index (κ2) is 8.35. The molecule has 9 nitrogen and oxygen atoms in total. The van der Waals surface area contributed by atoms with Crippen molar-refractivity contribution in [2.45, 2.75) is 20.4 Å². The van der Waals surface area contributed by atoms with Gasteiger partial charge in [0.15, 0.2) is 5.65 Å². The maximum Gasteiger partial charge on any atom is 0.350 e. The molecule has 5 rings (SSSR count). The molecule has 0 atom stereocenters. The molecule has 0 aliphatic rings. The Morgan fingerprint density at radius 1 is 1.06 bits per heavy atom. The number of nitrogens with one attached hydrogen (secondary N) is 1. The number of aromatic nitrogens is 5. The molecule has 2 aromatic carbocycles. The van der Waals surface area contributed by atoms with E-state index in [1.165, 1.54) is 22.6 Å². The Morgan fingerprint density at radius 3 is 2.62 bits per heavy atom. The summed E-state index contributed by atoms with van der Waals surface area (Å²) < 4.78 is 9.32. The first-order valence-electron chi connectivity index (χ1n) is 10.5. The van der Waals surface area contributed by atoms with E-state index in [-0.39, 0.29) is 6.54 Å². The summed E-state index contributed by atoms with van der Waals surface area (Å²) >= 11 is 6.11. The van der Waals surface area contributed by atoms with Crippen molar-refractivity contribution in [3.05, 3.63) is 81.5 Å². The van der Waals surface area contributed by atoms with Gasteiger partial charge in [0.25, 0.3) is 0 Å². The number of carbonyl (C=O) groups is 1. The molecule has 5 aromatic rings. The van der Waals surface area contributed by atoms with Crippen LogP contribution in [0, 0.1) is 13.8 Å². The fourth-order valence-corrected chi connectivity index (χ4v) is 4.02. The van der Waals surface area contributed by atoms with Crippen LogP contribution in [0.1, 0.15) is 11.1 Å². The molecule has 34 heavy (non-hydrogen) atoms. The number of benzene rings is 2. The molecule has 0 aliphatic heterocycles. The van der Waals surface area contributed by atoms with Gasteiger partial charge in [0.2, 0.25) is 5.91 Å². The molecule has 172 valence electrons. The molecule has 10 heteroatoms. The van der Waals surface area contributed by atoms with E-state index in [0.29, 0.717) is 27.6 Å². The van der Waals surface area contributed by atoms with E-state index in [1.54, 1.807) is 35.1 Å². The Kier molecular flexibility index (Phi) is 5.33. The third kappa shape index (κ3) is 3.80. The van der Waals surface area contributed by atoms with Gasteiger partial charge in [-0.05, 0) is 55.3 Å². The van der Waals surface area contributed by atoms with Crippen LogP contribution in [0.3, 0.4) is 0 Å². The fraction of sp³-hybridized carbons (Fsp3) is 0.167. The summed E-state index contributed by atoms with van der Waals surface area (Å²) in [4.78, 5) is 25.4. The highest BCUT2D eigenvalue weighted by Crippen LogP contribution is 2.27. The zero-order valence-corrected chi connectivity index (χ0v) is 19.5. The molecule has 1 N–H and O–H groups in total. The summed E-state index contributed by atoms with van der Waals surface area (Å²) in [5.74, 6) is 0.0910. The van der Waals surface area contributed by atoms with Gasteiger partial charge >= 0.3 is 5.69 Å². The number of hydrogen-bond acceptors (Lipinski definition) is 5. The molecule has 0 saturated heterocycles. The van der Waals surface area contributed by atoms with Crippen LogP contribution in [0.2, 0.25) is 5.02 Å². The summed E-state index contributed by atoms with van der Waals surface area (Å²) in [6.45, 7) is 3.86. The molecule has 0 unspecified atom stereocenters. The Hall–Kier alpha value is -4.11. The van der Waals surface area contributed by atoms with Crippen LogP contribution < -0.4 is 15.7 Å². The Balaban J connectivity index is 1.46. The lowest BCUT2D eigenvalue weighted by Gasteiger charge is -2.07. The Bertz CT molecular complexity index is 1630. The lowest BCUT2D eigenvalue weighted by Crippen LogP contribution is -2.28. The predicted octanol–water partition coefficient (Wildman–Crippen LogP) is 3.73. The largest absolute Gasteiger partial charge is 0.495 e. The van der Waals surface area contributed by atoms with Crippen LogP contribution in [-0.4, -0.2) is 36.8 Å². The first kappa shape index (κ1) is 21.7. The predicted molar refractivity (Wildman–Crippen MR) is 130 cm³/mol. The molecule has 0 aliphatic carbocycles. The van der Waals surface area contributed by atoms with Crippen molar-refractivity contribution in [1.82, 2.24) is 23.8 Å². The highest BCUT2D eigenvalue weighted by molar-refractivity contribution is 6.32. The number of ether oxygens (including phenoxy) is 1. The number of rotatable bonds is 5. The van der Waals surface area contributed by atoms with Crippen LogP contribution in [-0.2, 0) is 11.3 Å². The van der Waals surface area contributed by atoms with Crippen LogP contribution in [0.15, 0.2) is 59.7 Å². The van der Waals surface area contributed by atoms with E-state index in [9.17, 15) is 9.59 Å². The van der Waals surface area contributed by atoms with Crippen molar-refractivity contribution in [1.29, 1.82) is 0 Å². The standard InChI is InChI=1S/C24H21ClN6O3/c1-14-4-5-16(10-15(14)2)19-12-20-23-28-31(24(33)29(23)8-9-30(20)27-19)13-22(32)26-17-6-7-21(34-3)18(25)11-17/h4-12H,13H2,1-3H3,(H,26,32). The molecule has 0 fully saturated rings. The normalized spacial score (nSPS) is 11.3. The van der Waals surface area contributed by atoms with Gasteiger partial charge in [0, 0.05) is 23.6 Å². The minimum Gasteiger partial charge on any atom is -0.495 e. The number of halogens is 1. The molecule has 1 amide bonds. The minimum absolute atomic E-state index is 0.255. The van der Waals surface area contributed by atoms with E-state index in [0.717, 1.165) is 15.9 Å². The molecule has 0 bridgehead atoms. The Labute approximate surface area is 199 Å². The van der Waals surface area contributed by atoms with Gasteiger partial charge < -0.3 is 10.1 Å². The van der Waals surface area contributed by atoms with Gasteiger partial charge in [0.1, 0.15) is 17.8 Å². The van der Waals surface area contributed by atoms with Crippen molar-refractivity contribution >= 4 is 34.4 Å². The van der Waals surface area contributed by atoms with Crippen molar-refractivity contribution in [3.8, 4) is 17.0 Å². The van der Waals surface area contributed by atoms with E-state index in [4.69, 9.17) is 16.3 Å². The van der Waals surface area contributed by atoms with Crippen molar-refractivity contribution in [3.63, 3.8) is 0 Å².